The van der Waals surface area contributed by atoms with E-state index in [-0.39, 0.29) is 5.54 Å². The quantitative estimate of drug-likeness (QED) is 0.879. The summed E-state index contributed by atoms with van der Waals surface area (Å²) in [6.07, 6.45) is 5.20. The van der Waals surface area contributed by atoms with Crippen LogP contribution in [0.3, 0.4) is 0 Å². The van der Waals surface area contributed by atoms with Gasteiger partial charge in [0.15, 0.2) is 0 Å². The van der Waals surface area contributed by atoms with Crippen molar-refractivity contribution in [1.82, 2.24) is 14.1 Å². The molecule has 1 N–H and O–H groups in total. The van der Waals surface area contributed by atoms with Crippen LogP contribution in [-0.2, 0) is 0 Å². The summed E-state index contributed by atoms with van der Waals surface area (Å²) in [7, 11) is 0. The fraction of sp³-hybridized carbons (Fsp3) is 0.571. The Bertz CT molecular complexity index is 635. The van der Waals surface area contributed by atoms with Gasteiger partial charge in [0, 0.05) is 25.2 Å². The van der Waals surface area contributed by atoms with E-state index in [0.29, 0.717) is 0 Å². The van der Waals surface area contributed by atoms with Crippen LogP contribution < -0.4 is 10.2 Å². The average molecular weight is 309 g/mol. The molecule has 2 aromatic rings. The zero-order valence-corrected chi connectivity index (χ0v) is 12.8. The zero-order chi connectivity index (χ0) is 13.6. The highest BCUT2D eigenvalue weighted by atomic mass is 35.5. The Kier molecular flexibility index (Phi) is 3.09. The first-order valence-corrected chi connectivity index (χ1v) is 8.29. The van der Waals surface area contributed by atoms with Crippen LogP contribution in [0.15, 0.2) is 12.1 Å². The van der Waals surface area contributed by atoms with E-state index in [2.05, 4.69) is 19.0 Å². The third-order valence-corrected chi connectivity index (χ3v) is 5.45. The van der Waals surface area contributed by atoms with Crippen LogP contribution in [-0.4, -0.2) is 33.9 Å². The van der Waals surface area contributed by atoms with E-state index < -0.39 is 0 Å². The molecule has 2 fully saturated rings. The lowest BCUT2D eigenvalue weighted by Crippen LogP contribution is -2.59. The molecule has 1 aromatic carbocycles. The van der Waals surface area contributed by atoms with Crippen molar-refractivity contribution in [3.8, 4) is 0 Å². The average Bonchev–Trinajstić information content (AvgIpc) is 3.08. The summed E-state index contributed by atoms with van der Waals surface area (Å²) in [5.74, 6) is 0. The van der Waals surface area contributed by atoms with E-state index in [1.807, 2.05) is 12.1 Å². The molecule has 0 bridgehead atoms. The molecule has 6 heteroatoms. The van der Waals surface area contributed by atoms with E-state index >= 15 is 0 Å². The number of rotatable bonds is 1. The highest BCUT2D eigenvalue weighted by Gasteiger charge is 2.38. The molecule has 0 unspecified atom stereocenters. The Labute approximate surface area is 127 Å². The van der Waals surface area contributed by atoms with E-state index in [1.54, 1.807) is 0 Å². The summed E-state index contributed by atoms with van der Waals surface area (Å²) in [6.45, 7) is 3.03. The van der Waals surface area contributed by atoms with Gasteiger partial charge in [-0.25, -0.2) is 0 Å². The van der Waals surface area contributed by atoms with Gasteiger partial charge in [-0.05, 0) is 25.0 Å². The first kappa shape index (κ1) is 12.8. The number of anilines is 1. The second-order valence-corrected chi connectivity index (χ2v) is 6.80. The maximum atomic E-state index is 6.46. The predicted octanol–water partition coefficient (Wildman–Crippen LogP) is 3.07. The smallest absolute Gasteiger partial charge is 0.129 e. The van der Waals surface area contributed by atoms with Crippen molar-refractivity contribution >= 4 is 40.0 Å². The van der Waals surface area contributed by atoms with Crippen molar-refractivity contribution in [1.29, 1.82) is 0 Å². The van der Waals surface area contributed by atoms with E-state index in [9.17, 15) is 0 Å². The lowest BCUT2D eigenvalue weighted by atomic mass is 9.94. The number of hydrogen-bond acceptors (Lipinski definition) is 5. The van der Waals surface area contributed by atoms with Crippen molar-refractivity contribution < 1.29 is 0 Å². The normalized spacial score (nSPS) is 21.9. The molecule has 2 aliphatic rings. The topological polar surface area (TPSA) is 41.1 Å². The summed E-state index contributed by atoms with van der Waals surface area (Å²) in [5, 5.41) is 4.53. The van der Waals surface area contributed by atoms with Crippen molar-refractivity contribution in [3.05, 3.63) is 17.2 Å². The molecule has 1 saturated heterocycles. The van der Waals surface area contributed by atoms with Gasteiger partial charge in [-0.2, -0.15) is 8.75 Å². The molecule has 4 rings (SSSR count). The summed E-state index contributed by atoms with van der Waals surface area (Å²) in [4.78, 5) is 2.41. The number of piperazine rings is 1. The van der Waals surface area contributed by atoms with E-state index in [1.165, 1.54) is 37.4 Å². The first-order valence-electron chi connectivity index (χ1n) is 7.18. The third kappa shape index (κ3) is 2.00. The number of benzene rings is 1. The lowest BCUT2D eigenvalue weighted by molar-refractivity contribution is 0.304. The van der Waals surface area contributed by atoms with Gasteiger partial charge in [0.2, 0.25) is 0 Å². The molecule has 0 atom stereocenters. The van der Waals surface area contributed by atoms with Gasteiger partial charge in [-0.15, -0.1) is 0 Å². The van der Waals surface area contributed by atoms with Gasteiger partial charge in [0.25, 0.3) is 0 Å². The van der Waals surface area contributed by atoms with Crippen LogP contribution in [0.5, 0.6) is 0 Å². The minimum atomic E-state index is 0.285. The molecule has 1 aliphatic heterocycles. The maximum Gasteiger partial charge on any atom is 0.129 e. The van der Waals surface area contributed by atoms with Crippen LogP contribution in [0.25, 0.3) is 11.0 Å². The molecule has 1 aromatic heterocycles. The summed E-state index contributed by atoms with van der Waals surface area (Å²) >= 11 is 7.73. The van der Waals surface area contributed by atoms with Crippen LogP contribution in [0, 0.1) is 0 Å². The Hall–Kier alpha value is -0.910. The number of fused-ring (bicyclic) bond motifs is 1. The number of aromatic nitrogens is 2. The number of hydrogen-bond donors (Lipinski definition) is 1. The molecule has 106 valence electrons. The van der Waals surface area contributed by atoms with E-state index in [4.69, 9.17) is 11.6 Å². The Morgan fingerprint density at radius 3 is 2.95 bits per heavy atom. The highest BCUT2D eigenvalue weighted by molar-refractivity contribution is 7.00. The fourth-order valence-corrected chi connectivity index (χ4v) is 4.46. The number of halogens is 1. The van der Waals surface area contributed by atoms with Gasteiger partial charge in [-0.1, -0.05) is 24.4 Å². The minimum absolute atomic E-state index is 0.285. The van der Waals surface area contributed by atoms with Gasteiger partial charge < -0.3 is 10.2 Å². The molecule has 1 saturated carbocycles. The molecule has 1 aliphatic carbocycles. The van der Waals surface area contributed by atoms with Gasteiger partial charge in [-0.3, -0.25) is 0 Å². The molecule has 1 spiro atoms. The van der Waals surface area contributed by atoms with Crippen LogP contribution >= 0.6 is 23.3 Å². The van der Waals surface area contributed by atoms with Gasteiger partial charge in [0.1, 0.15) is 11.0 Å². The first-order chi connectivity index (χ1) is 9.77. The fourth-order valence-electron chi connectivity index (χ4n) is 3.65. The van der Waals surface area contributed by atoms with E-state index in [0.717, 1.165) is 41.4 Å². The van der Waals surface area contributed by atoms with Crippen molar-refractivity contribution in [2.75, 3.05) is 24.5 Å². The molecule has 0 radical (unpaired) electrons. The highest BCUT2D eigenvalue weighted by Crippen LogP contribution is 2.38. The molecule has 0 amide bonds. The molecular formula is C14H17ClN4S. The Morgan fingerprint density at radius 2 is 2.10 bits per heavy atom. The summed E-state index contributed by atoms with van der Waals surface area (Å²) in [6, 6.07) is 3.90. The van der Waals surface area contributed by atoms with Gasteiger partial charge in [0.05, 0.1) is 22.4 Å². The van der Waals surface area contributed by atoms with Crippen LogP contribution in [0.2, 0.25) is 5.02 Å². The Morgan fingerprint density at radius 1 is 1.25 bits per heavy atom. The Balaban J connectivity index is 1.75. The molecular weight excluding hydrogens is 292 g/mol. The van der Waals surface area contributed by atoms with Crippen molar-refractivity contribution in [2.45, 2.75) is 31.2 Å². The number of nitrogens with zero attached hydrogens (tertiary/aromatic N) is 3. The lowest BCUT2D eigenvalue weighted by Gasteiger charge is -2.43. The zero-order valence-electron chi connectivity index (χ0n) is 11.2. The predicted molar refractivity (Wildman–Crippen MR) is 83.8 cm³/mol. The van der Waals surface area contributed by atoms with Crippen LogP contribution in [0.1, 0.15) is 25.7 Å². The largest absolute Gasteiger partial charge is 0.365 e. The maximum absolute atomic E-state index is 6.46. The standard InChI is InChI=1S/C14H17ClN4S/c15-10-3-4-11-12(18-20-17-11)13(10)19-8-7-16-14(9-19)5-1-2-6-14/h3-4,16H,1-2,5-9H2. The van der Waals surface area contributed by atoms with Crippen molar-refractivity contribution in [2.24, 2.45) is 0 Å². The summed E-state index contributed by atoms with van der Waals surface area (Å²) in [5.41, 5.74) is 3.27. The van der Waals surface area contributed by atoms with Gasteiger partial charge >= 0.3 is 0 Å². The minimum Gasteiger partial charge on any atom is -0.365 e. The van der Waals surface area contributed by atoms with Crippen LogP contribution in [0.4, 0.5) is 5.69 Å². The van der Waals surface area contributed by atoms with Crippen molar-refractivity contribution in [3.63, 3.8) is 0 Å². The third-order valence-electron chi connectivity index (χ3n) is 4.60. The molecule has 20 heavy (non-hydrogen) atoms. The SMILES string of the molecule is Clc1ccc2nsnc2c1N1CCNC2(CCCC2)C1. The second-order valence-electron chi connectivity index (χ2n) is 5.86. The number of nitrogens with one attached hydrogen (secondary N) is 1. The monoisotopic (exact) mass is 308 g/mol. The summed E-state index contributed by atoms with van der Waals surface area (Å²) < 4.78 is 8.79. The molecule has 4 nitrogen and oxygen atoms in total. The molecule has 2 heterocycles. The second kappa shape index (κ2) is 4.83.